The molecule has 2 rings (SSSR count). The van der Waals surface area contributed by atoms with Gasteiger partial charge < -0.3 is 5.32 Å². The molecule has 1 aliphatic rings. The number of aromatic nitrogens is 3. The molecule has 0 radical (unpaired) electrons. The molecule has 1 amide bonds. The second-order valence-electron chi connectivity index (χ2n) is 5.07. The number of hydrogen-bond acceptors (Lipinski definition) is 3. The molecule has 0 aromatic carbocycles. The van der Waals surface area contributed by atoms with Crippen molar-refractivity contribution in [1.29, 1.82) is 0 Å². The molecule has 1 heterocycles. The number of carbonyl (C=O) groups excluding carboxylic acids is 1. The highest BCUT2D eigenvalue weighted by atomic mass is 19.4. The van der Waals surface area contributed by atoms with Crippen LogP contribution in [-0.4, -0.2) is 21.1 Å². The molecular weight excluding hydrogens is 249 g/mol. The zero-order valence-corrected chi connectivity index (χ0v) is 9.93. The van der Waals surface area contributed by atoms with Crippen molar-refractivity contribution in [2.75, 3.05) is 0 Å². The Hall–Kier alpha value is -1.60. The van der Waals surface area contributed by atoms with Crippen molar-refractivity contribution in [3.63, 3.8) is 0 Å². The van der Waals surface area contributed by atoms with Crippen LogP contribution in [0.1, 0.15) is 31.9 Å². The highest BCUT2D eigenvalue weighted by Crippen LogP contribution is 2.51. The van der Waals surface area contributed by atoms with Gasteiger partial charge in [-0.25, -0.2) is 4.98 Å². The fourth-order valence-corrected chi connectivity index (χ4v) is 1.71. The lowest BCUT2D eigenvalue weighted by molar-refractivity contribution is -0.144. The van der Waals surface area contributed by atoms with Gasteiger partial charge in [0, 0.05) is 5.92 Å². The van der Waals surface area contributed by atoms with Gasteiger partial charge in [0.1, 0.15) is 5.82 Å². The summed E-state index contributed by atoms with van der Waals surface area (Å²) in [5.41, 5.74) is -0.0113. The van der Waals surface area contributed by atoms with Crippen LogP contribution < -0.4 is 5.32 Å². The van der Waals surface area contributed by atoms with E-state index in [1.807, 2.05) is 13.8 Å². The van der Waals surface area contributed by atoms with E-state index < -0.39 is 12.0 Å². The molecule has 0 saturated heterocycles. The zero-order valence-electron chi connectivity index (χ0n) is 9.93. The minimum atomic E-state index is -4.57. The quantitative estimate of drug-likeness (QED) is 0.866. The molecular formula is C10H13F3N4O. The maximum Gasteiger partial charge on any atom is 0.453 e. The van der Waals surface area contributed by atoms with E-state index in [4.69, 9.17) is 0 Å². The second kappa shape index (κ2) is 3.96. The van der Waals surface area contributed by atoms with Crippen LogP contribution in [0.15, 0.2) is 0 Å². The van der Waals surface area contributed by atoms with E-state index >= 15 is 0 Å². The Morgan fingerprint density at radius 3 is 2.61 bits per heavy atom. The molecule has 1 atom stereocenters. The molecule has 18 heavy (non-hydrogen) atoms. The Morgan fingerprint density at radius 2 is 2.17 bits per heavy atom. The molecule has 0 unspecified atom stereocenters. The van der Waals surface area contributed by atoms with Crippen molar-refractivity contribution in [2.45, 2.75) is 33.0 Å². The van der Waals surface area contributed by atoms with Crippen LogP contribution in [0.2, 0.25) is 0 Å². The molecule has 1 fully saturated rings. The first-order valence-corrected chi connectivity index (χ1v) is 5.46. The SMILES string of the molecule is CC1(C)C[C@H]1C(=O)NCc1nc(C(F)(F)F)n[nH]1. The molecule has 8 heteroatoms. The number of rotatable bonds is 3. The van der Waals surface area contributed by atoms with Gasteiger partial charge in [-0.05, 0) is 11.8 Å². The lowest BCUT2D eigenvalue weighted by Gasteiger charge is -2.04. The normalized spacial score (nSPS) is 21.7. The number of nitrogens with zero attached hydrogens (tertiary/aromatic N) is 2. The second-order valence-corrected chi connectivity index (χ2v) is 5.07. The maximum absolute atomic E-state index is 12.2. The average Bonchev–Trinajstić information content (AvgIpc) is 2.70. The molecule has 0 spiro atoms. The van der Waals surface area contributed by atoms with Crippen LogP contribution in [0.4, 0.5) is 13.2 Å². The van der Waals surface area contributed by atoms with E-state index in [1.54, 1.807) is 0 Å². The van der Waals surface area contributed by atoms with Gasteiger partial charge in [-0.15, -0.1) is 5.10 Å². The highest BCUT2D eigenvalue weighted by molar-refractivity contribution is 5.82. The van der Waals surface area contributed by atoms with Crippen LogP contribution >= 0.6 is 0 Å². The lowest BCUT2D eigenvalue weighted by atomic mass is 10.1. The highest BCUT2D eigenvalue weighted by Gasteiger charge is 2.50. The fraction of sp³-hybridized carbons (Fsp3) is 0.700. The van der Waals surface area contributed by atoms with E-state index in [0.717, 1.165) is 6.42 Å². The number of aromatic amines is 1. The first kappa shape index (κ1) is 12.8. The molecule has 2 N–H and O–H groups in total. The van der Waals surface area contributed by atoms with Gasteiger partial charge in [-0.2, -0.15) is 13.2 Å². The smallest absolute Gasteiger partial charge is 0.349 e. The first-order chi connectivity index (χ1) is 8.20. The van der Waals surface area contributed by atoms with Crippen LogP contribution in [0.3, 0.4) is 0 Å². The van der Waals surface area contributed by atoms with Gasteiger partial charge in [0.25, 0.3) is 5.82 Å². The van der Waals surface area contributed by atoms with E-state index in [-0.39, 0.29) is 29.6 Å². The first-order valence-electron chi connectivity index (χ1n) is 5.46. The summed E-state index contributed by atoms with van der Waals surface area (Å²) in [4.78, 5) is 14.9. The molecule has 1 aromatic rings. The van der Waals surface area contributed by atoms with E-state index in [1.165, 1.54) is 0 Å². The van der Waals surface area contributed by atoms with Crippen molar-refractivity contribution in [1.82, 2.24) is 20.5 Å². The predicted molar refractivity (Wildman–Crippen MR) is 55.1 cm³/mol. The summed E-state index contributed by atoms with van der Waals surface area (Å²) in [5, 5.41) is 7.74. The summed E-state index contributed by atoms with van der Waals surface area (Å²) >= 11 is 0. The molecule has 1 aliphatic carbocycles. The topological polar surface area (TPSA) is 70.7 Å². The van der Waals surface area contributed by atoms with Crippen molar-refractivity contribution in [3.8, 4) is 0 Å². The van der Waals surface area contributed by atoms with Gasteiger partial charge in [0.2, 0.25) is 5.91 Å². The lowest BCUT2D eigenvalue weighted by Crippen LogP contribution is -2.26. The Kier molecular flexibility index (Phi) is 2.83. The van der Waals surface area contributed by atoms with Gasteiger partial charge in [0.15, 0.2) is 0 Å². The van der Waals surface area contributed by atoms with E-state index in [2.05, 4.69) is 20.5 Å². The van der Waals surface area contributed by atoms with Gasteiger partial charge in [-0.1, -0.05) is 13.8 Å². The number of amides is 1. The summed E-state index contributed by atoms with van der Waals surface area (Å²) < 4.78 is 36.6. The Bertz CT molecular complexity index is 466. The van der Waals surface area contributed by atoms with Crippen LogP contribution in [-0.2, 0) is 17.5 Å². The minimum absolute atomic E-state index is 0.00543. The minimum Gasteiger partial charge on any atom is -0.349 e. The number of nitrogens with one attached hydrogen (secondary N) is 2. The third kappa shape index (κ3) is 2.62. The van der Waals surface area contributed by atoms with Gasteiger partial charge >= 0.3 is 6.18 Å². The largest absolute Gasteiger partial charge is 0.453 e. The van der Waals surface area contributed by atoms with Crippen molar-refractivity contribution < 1.29 is 18.0 Å². The van der Waals surface area contributed by atoms with Gasteiger partial charge in [0.05, 0.1) is 6.54 Å². The van der Waals surface area contributed by atoms with E-state index in [9.17, 15) is 18.0 Å². The Balaban J connectivity index is 1.88. The number of H-pyrrole nitrogens is 1. The molecule has 100 valence electrons. The summed E-state index contributed by atoms with van der Waals surface area (Å²) in [7, 11) is 0. The fourth-order valence-electron chi connectivity index (χ4n) is 1.71. The number of hydrogen-bond donors (Lipinski definition) is 2. The monoisotopic (exact) mass is 262 g/mol. The van der Waals surface area contributed by atoms with Crippen molar-refractivity contribution in [2.24, 2.45) is 11.3 Å². The molecule has 1 saturated carbocycles. The third-order valence-electron chi connectivity index (χ3n) is 3.05. The zero-order chi connectivity index (χ0) is 13.6. The summed E-state index contributed by atoms with van der Waals surface area (Å²) in [5.74, 6) is -1.46. The number of halogens is 3. The number of carbonyl (C=O) groups is 1. The molecule has 1 aromatic heterocycles. The third-order valence-corrected chi connectivity index (χ3v) is 3.05. The van der Waals surface area contributed by atoms with Crippen LogP contribution in [0.25, 0.3) is 0 Å². The number of alkyl halides is 3. The maximum atomic E-state index is 12.2. The standard InChI is InChI=1S/C10H13F3N4O/c1-9(2)3-5(9)7(18)14-4-6-15-8(17-16-6)10(11,12)13/h5H,3-4H2,1-2H3,(H,14,18)(H,15,16,17)/t5-/m0/s1. The summed E-state index contributed by atoms with van der Waals surface area (Å²) in [6.07, 6.45) is -3.78. The molecule has 5 nitrogen and oxygen atoms in total. The Morgan fingerprint density at radius 1 is 1.56 bits per heavy atom. The average molecular weight is 262 g/mol. The van der Waals surface area contributed by atoms with Crippen LogP contribution in [0.5, 0.6) is 0 Å². The predicted octanol–water partition coefficient (Wildman–Crippen LogP) is 1.49. The molecule has 0 aliphatic heterocycles. The Labute approximate surface area is 101 Å². The van der Waals surface area contributed by atoms with Crippen LogP contribution in [0, 0.1) is 11.3 Å². The van der Waals surface area contributed by atoms with Crippen molar-refractivity contribution >= 4 is 5.91 Å². The van der Waals surface area contributed by atoms with E-state index in [0.29, 0.717) is 0 Å². The molecule has 0 bridgehead atoms. The van der Waals surface area contributed by atoms with Crippen molar-refractivity contribution in [3.05, 3.63) is 11.6 Å². The van der Waals surface area contributed by atoms with Gasteiger partial charge in [-0.3, -0.25) is 9.89 Å². The summed E-state index contributed by atoms with van der Waals surface area (Å²) in [6, 6.07) is 0. The summed E-state index contributed by atoms with van der Waals surface area (Å²) in [6.45, 7) is 3.86.